The minimum Gasteiger partial charge on any atom is -0.504 e. The van der Waals surface area contributed by atoms with Crippen molar-refractivity contribution in [2.45, 2.75) is 13.8 Å². The summed E-state index contributed by atoms with van der Waals surface area (Å²) in [5.74, 6) is -1.04. The lowest BCUT2D eigenvalue weighted by Crippen LogP contribution is -2.04. The Morgan fingerprint density at radius 3 is 2.36 bits per heavy atom. The molecule has 1 rings (SSSR count). The maximum atomic E-state index is 11.2. The number of esters is 1. The topological polar surface area (TPSA) is 66.8 Å². The van der Waals surface area contributed by atoms with Crippen molar-refractivity contribution < 1.29 is 19.7 Å². The predicted molar refractivity (Wildman–Crippen MR) is 50.6 cm³/mol. The van der Waals surface area contributed by atoms with Gasteiger partial charge in [-0.15, -0.1) is 0 Å². The standard InChI is InChI=1S/C10H12O4/c1-5-6(2)9(12)8(11)4-7(5)10(13)14-3/h4,11-12H,1-3H3. The molecule has 14 heavy (non-hydrogen) atoms. The summed E-state index contributed by atoms with van der Waals surface area (Å²) in [5, 5.41) is 18.7. The molecular formula is C10H12O4. The van der Waals surface area contributed by atoms with Gasteiger partial charge in [-0.3, -0.25) is 0 Å². The summed E-state index contributed by atoms with van der Waals surface area (Å²) in [7, 11) is 1.26. The maximum Gasteiger partial charge on any atom is 0.338 e. The Morgan fingerprint density at radius 2 is 1.86 bits per heavy atom. The third-order valence-corrected chi connectivity index (χ3v) is 2.25. The lowest BCUT2D eigenvalue weighted by Gasteiger charge is -2.09. The number of aromatic hydroxyl groups is 2. The van der Waals surface area contributed by atoms with Crippen LogP contribution in [0.1, 0.15) is 21.5 Å². The highest BCUT2D eigenvalue weighted by atomic mass is 16.5. The predicted octanol–water partition coefficient (Wildman–Crippen LogP) is 1.50. The Labute approximate surface area is 81.8 Å². The van der Waals surface area contributed by atoms with Crippen molar-refractivity contribution >= 4 is 5.97 Å². The van der Waals surface area contributed by atoms with Crippen LogP contribution in [0.2, 0.25) is 0 Å². The zero-order valence-electron chi connectivity index (χ0n) is 8.29. The van der Waals surface area contributed by atoms with Gasteiger partial charge in [-0.2, -0.15) is 0 Å². The molecule has 1 aromatic rings. The molecular weight excluding hydrogens is 184 g/mol. The van der Waals surface area contributed by atoms with Crippen LogP contribution in [-0.4, -0.2) is 23.3 Å². The second-order valence-electron chi connectivity index (χ2n) is 3.03. The molecule has 0 saturated heterocycles. The van der Waals surface area contributed by atoms with Crippen LogP contribution in [0.15, 0.2) is 6.07 Å². The molecule has 0 amide bonds. The molecule has 1 aromatic carbocycles. The van der Waals surface area contributed by atoms with Crippen molar-refractivity contribution in [2.24, 2.45) is 0 Å². The van der Waals surface area contributed by atoms with E-state index in [4.69, 9.17) is 0 Å². The first-order chi connectivity index (χ1) is 6.49. The quantitative estimate of drug-likeness (QED) is 0.527. The summed E-state index contributed by atoms with van der Waals surface area (Å²) in [6.45, 7) is 3.30. The molecule has 76 valence electrons. The fourth-order valence-corrected chi connectivity index (χ4v) is 1.21. The Morgan fingerprint density at radius 1 is 1.29 bits per heavy atom. The minimum absolute atomic E-state index is 0.199. The van der Waals surface area contributed by atoms with Crippen LogP contribution in [0.3, 0.4) is 0 Å². The summed E-state index contributed by atoms with van der Waals surface area (Å²) < 4.78 is 4.54. The smallest absolute Gasteiger partial charge is 0.338 e. The third-order valence-electron chi connectivity index (χ3n) is 2.25. The number of ether oxygens (including phenoxy) is 1. The molecule has 0 aliphatic carbocycles. The van der Waals surface area contributed by atoms with Gasteiger partial charge in [-0.1, -0.05) is 0 Å². The van der Waals surface area contributed by atoms with Gasteiger partial charge >= 0.3 is 5.97 Å². The highest BCUT2D eigenvalue weighted by Gasteiger charge is 2.16. The largest absolute Gasteiger partial charge is 0.504 e. The molecule has 0 fully saturated rings. The van der Waals surface area contributed by atoms with Crippen LogP contribution in [0, 0.1) is 13.8 Å². The molecule has 0 aliphatic rings. The van der Waals surface area contributed by atoms with Gasteiger partial charge in [0.1, 0.15) is 0 Å². The van der Waals surface area contributed by atoms with E-state index in [1.807, 2.05) is 0 Å². The highest BCUT2D eigenvalue weighted by molar-refractivity contribution is 5.92. The van der Waals surface area contributed by atoms with E-state index >= 15 is 0 Å². The number of carbonyl (C=O) groups excluding carboxylic acids is 1. The first-order valence-corrected chi connectivity index (χ1v) is 4.09. The minimum atomic E-state index is -0.527. The van der Waals surface area contributed by atoms with Crippen molar-refractivity contribution in [3.05, 3.63) is 22.8 Å². The van der Waals surface area contributed by atoms with E-state index < -0.39 is 5.97 Å². The number of benzene rings is 1. The lowest BCUT2D eigenvalue weighted by atomic mass is 10.0. The normalized spacial score (nSPS) is 9.93. The van der Waals surface area contributed by atoms with Gasteiger partial charge in [0, 0.05) is 0 Å². The molecule has 0 aromatic heterocycles. The number of hydrogen-bond acceptors (Lipinski definition) is 4. The fourth-order valence-electron chi connectivity index (χ4n) is 1.21. The third kappa shape index (κ3) is 1.51. The van der Waals surface area contributed by atoms with E-state index in [2.05, 4.69) is 4.74 Å². The maximum absolute atomic E-state index is 11.2. The van der Waals surface area contributed by atoms with Crippen LogP contribution >= 0.6 is 0 Å². The molecule has 4 heteroatoms. The van der Waals surface area contributed by atoms with E-state index in [-0.39, 0.29) is 17.1 Å². The average Bonchev–Trinajstić information content (AvgIpc) is 2.19. The van der Waals surface area contributed by atoms with Gasteiger partial charge in [0.25, 0.3) is 0 Å². The Bertz CT molecular complexity index is 382. The second kappa shape index (κ2) is 3.57. The Hall–Kier alpha value is -1.71. The summed E-state index contributed by atoms with van der Waals surface area (Å²) in [6.07, 6.45) is 0. The van der Waals surface area contributed by atoms with E-state index in [0.717, 1.165) is 0 Å². The second-order valence-corrected chi connectivity index (χ2v) is 3.03. The van der Waals surface area contributed by atoms with E-state index in [1.165, 1.54) is 13.2 Å². The number of phenolic OH excluding ortho intramolecular Hbond substituents is 2. The number of carbonyl (C=O) groups is 1. The summed E-state index contributed by atoms with van der Waals surface area (Å²) >= 11 is 0. The van der Waals surface area contributed by atoms with E-state index in [1.54, 1.807) is 13.8 Å². The van der Waals surface area contributed by atoms with E-state index in [9.17, 15) is 15.0 Å². The molecule has 4 nitrogen and oxygen atoms in total. The number of hydrogen-bond donors (Lipinski definition) is 2. The van der Waals surface area contributed by atoms with Crippen molar-refractivity contribution in [1.29, 1.82) is 0 Å². The van der Waals surface area contributed by atoms with Crippen LogP contribution in [0.25, 0.3) is 0 Å². The van der Waals surface area contributed by atoms with Crippen LogP contribution in [-0.2, 0) is 4.74 Å². The van der Waals surface area contributed by atoms with Crippen molar-refractivity contribution in [1.82, 2.24) is 0 Å². The molecule has 0 radical (unpaired) electrons. The van der Waals surface area contributed by atoms with Gasteiger partial charge in [0.15, 0.2) is 11.5 Å². The summed E-state index contributed by atoms with van der Waals surface area (Å²) in [6, 6.07) is 1.20. The molecule has 0 spiro atoms. The van der Waals surface area contributed by atoms with Crippen LogP contribution < -0.4 is 0 Å². The molecule has 0 saturated carbocycles. The highest BCUT2D eigenvalue weighted by Crippen LogP contribution is 2.33. The van der Waals surface area contributed by atoms with Gasteiger partial charge in [-0.05, 0) is 31.0 Å². The van der Waals surface area contributed by atoms with Gasteiger partial charge < -0.3 is 14.9 Å². The van der Waals surface area contributed by atoms with Gasteiger partial charge in [0.05, 0.1) is 12.7 Å². The molecule has 0 heterocycles. The van der Waals surface area contributed by atoms with Crippen molar-refractivity contribution in [3.8, 4) is 11.5 Å². The average molecular weight is 196 g/mol. The van der Waals surface area contributed by atoms with Gasteiger partial charge in [0.2, 0.25) is 0 Å². The molecule has 2 N–H and O–H groups in total. The molecule has 0 unspecified atom stereocenters. The fraction of sp³-hybridized carbons (Fsp3) is 0.300. The van der Waals surface area contributed by atoms with E-state index in [0.29, 0.717) is 11.1 Å². The SMILES string of the molecule is COC(=O)c1cc(O)c(O)c(C)c1C. The number of methoxy groups -OCH3 is 1. The zero-order chi connectivity index (χ0) is 10.9. The van der Waals surface area contributed by atoms with Crippen LogP contribution in [0.4, 0.5) is 0 Å². The first kappa shape index (κ1) is 10.4. The van der Waals surface area contributed by atoms with Crippen molar-refractivity contribution in [2.75, 3.05) is 7.11 Å². The van der Waals surface area contributed by atoms with Gasteiger partial charge in [-0.25, -0.2) is 4.79 Å². The van der Waals surface area contributed by atoms with Crippen molar-refractivity contribution in [3.63, 3.8) is 0 Å². The Balaban J connectivity index is 3.40. The molecule has 0 aliphatic heterocycles. The first-order valence-electron chi connectivity index (χ1n) is 4.09. The zero-order valence-corrected chi connectivity index (χ0v) is 8.29. The number of rotatable bonds is 1. The van der Waals surface area contributed by atoms with Crippen LogP contribution in [0.5, 0.6) is 11.5 Å². The molecule has 0 bridgehead atoms. The lowest BCUT2D eigenvalue weighted by molar-refractivity contribution is 0.0599. The Kier molecular flexibility index (Phi) is 2.65. The monoisotopic (exact) mass is 196 g/mol. The summed E-state index contributed by atoms with van der Waals surface area (Å²) in [5.41, 5.74) is 1.35. The summed E-state index contributed by atoms with van der Waals surface area (Å²) in [4.78, 5) is 11.2. The molecule has 0 atom stereocenters. The number of phenols is 2.